The van der Waals surface area contributed by atoms with Crippen molar-refractivity contribution in [3.05, 3.63) is 23.9 Å². The molecule has 1 heterocycles. The minimum absolute atomic E-state index is 0.520. The maximum atomic E-state index is 11.2. The van der Waals surface area contributed by atoms with Crippen molar-refractivity contribution < 1.29 is 13.2 Å². The molecule has 1 aromatic heterocycles. The van der Waals surface area contributed by atoms with E-state index in [-0.39, 0.29) is 0 Å². The molecule has 19 heavy (non-hydrogen) atoms. The molecule has 0 aliphatic heterocycles. The van der Waals surface area contributed by atoms with E-state index in [9.17, 15) is 8.42 Å². The molecule has 0 unspecified atom stereocenters. The van der Waals surface area contributed by atoms with Crippen molar-refractivity contribution in [3.63, 3.8) is 0 Å². The van der Waals surface area contributed by atoms with Crippen LogP contribution in [0.3, 0.4) is 0 Å². The number of rotatable bonds is 7. The highest BCUT2D eigenvalue weighted by Gasteiger charge is 2.21. The first-order chi connectivity index (χ1) is 8.72. The molecule has 0 amide bonds. The van der Waals surface area contributed by atoms with Crippen LogP contribution in [0.2, 0.25) is 0 Å². The Morgan fingerprint density at radius 3 is 2.53 bits per heavy atom. The van der Waals surface area contributed by atoms with Crippen molar-refractivity contribution >= 4 is 10.0 Å². The summed E-state index contributed by atoms with van der Waals surface area (Å²) in [5.74, 6) is 0.572. The lowest BCUT2D eigenvalue weighted by Gasteiger charge is -2.25. The molecule has 0 aromatic carbocycles. The second-order valence-electron chi connectivity index (χ2n) is 5.07. The van der Waals surface area contributed by atoms with Crippen molar-refractivity contribution in [1.29, 1.82) is 0 Å². The third kappa shape index (κ3) is 6.51. The lowest BCUT2D eigenvalue weighted by molar-refractivity contribution is 0.396. The molecule has 0 saturated carbocycles. The van der Waals surface area contributed by atoms with Gasteiger partial charge in [-0.15, -0.1) is 0 Å². The lowest BCUT2D eigenvalue weighted by atomic mass is 10.1. The number of nitrogens with one attached hydrogen (secondary N) is 2. The molecule has 0 radical (unpaired) electrons. The molecular weight excluding hydrogens is 266 g/mol. The molecule has 0 fully saturated rings. The highest BCUT2D eigenvalue weighted by atomic mass is 32.2. The lowest BCUT2D eigenvalue weighted by Crippen LogP contribution is -2.49. The summed E-state index contributed by atoms with van der Waals surface area (Å²) in [7, 11) is -1.64. The molecule has 1 aromatic rings. The van der Waals surface area contributed by atoms with Crippen LogP contribution < -0.4 is 14.8 Å². The summed E-state index contributed by atoms with van der Waals surface area (Å²) in [6, 6.07) is 3.70. The van der Waals surface area contributed by atoms with E-state index < -0.39 is 15.6 Å². The standard InChI is InChI=1S/C12H21N3O3S/c1-12(2,15-19(4,16)17)9-13-7-10-5-6-11(18-3)14-8-10/h5-6,8,13,15H,7,9H2,1-4H3. The number of hydrogen-bond acceptors (Lipinski definition) is 5. The summed E-state index contributed by atoms with van der Waals surface area (Å²) in [6.07, 6.45) is 2.88. The van der Waals surface area contributed by atoms with Gasteiger partial charge in [0.05, 0.1) is 13.4 Å². The quantitative estimate of drug-likeness (QED) is 0.763. The Balaban J connectivity index is 2.44. The van der Waals surface area contributed by atoms with Crippen LogP contribution in [0, 0.1) is 0 Å². The number of aromatic nitrogens is 1. The third-order valence-corrected chi connectivity index (χ3v) is 3.29. The Morgan fingerprint density at radius 2 is 2.05 bits per heavy atom. The summed E-state index contributed by atoms with van der Waals surface area (Å²) in [6.45, 7) is 4.79. The summed E-state index contributed by atoms with van der Waals surface area (Å²) in [5.41, 5.74) is 0.476. The SMILES string of the molecule is COc1ccc(CNCC(C)(C)NS(C)(=O)=O)cn1. The van der Waals surface area contributed by atoms with Crippen LogP contribution in [-0.2, 0) is 16.6 Å². The topological polar surface area (TPSA) is 80.3 Å². The van der Waals surface area contributed by atoms with Gasteiger partial charge >= 0.3 is 0 Å². The van der Waals surface area contributed by atoms with Crippen molar-refractivity contribution in [1.82, 2.24) is 15.0 Å². The summed E-state index contributed by atoms with van der Waals surface area (Å²) >= 11 is 0. The summed E-state index contributed by atoms with van der Waals surface area (Å²) in [5, 5.41) is 3.19. The van der Waals surface area contributed by atoms with Gasteiger partial charge in [-0.3, -0.25) is 0 Å². The molecule has 0 bridgehead atoms. The van der Waals surface area contributed by atoms with Gasteiger partial charge in [0.2, 0.25) is 15.9 Å². The Hall–Kier alpha value is -1.18. The van der Waals surface area contributed by atoms with Crippen LogP contribution in [0.1, 0.15) is 19.4 Å². The summed E-state index contributed by atoms with van der Waals surface area (Å²) < 4.78 is 29.9. The highest BCUT2D eigenvalue weighted by molar-refractivity contribution is 7.88. The molecule has 108 valence electrons. The van der Waals surface area contributed by atoms with Gasteiger partial charge in [-0.25, -0.2) is 18.1 Å². The maximum absolute atomic E-state index is 11.2. The summed E-state index contributed by atoms with van der Waals surface area (Å²) in [4.78, 5) is 4.10. The minimum Gasteiger partial charge on any atom is -0.481 e. The van der Waals surface area contributed by atoms with Gasteiger partial charge in [-0.1, -0.05) is 6.07 Å². The zero-order chi connectivity index (χ0) is 14.5. The smallest absolute Gasteiger partial charge is 0.212 e. The fourth-order valence-electron chi connectivity index (χ4n) is 1.69. The van der Waals surface area contributed by atoms with Gasteiger partial charge in [-0.05, 0) is 19.4 Å². The number of sulfonamides is 1. The molecule has 0 spiro atoms. The van der Waals surface area contributed by atoms with E-state index in [2.05, 4.69) is 15.0 Å². The number of methoxy groups -OCH3 is 1. The van der Waals surface area contributed by atoms with Crippen LogP contribution in [-0.4, -0.2) is 38.9 Å². The molecule has 0 atom stereocenters. The zero-order valence-corrected chi connectivity index (χ0v) is 12.5. The molecule has 0 saturated heterocycles. The normalized spacial score (nSPS) is 12.4. The molecule has 2 N–H and O–H groups in total. The number of pyridine rings is 1. The van der Waals surface area contributed by atoms with Crippen LogP contribution in [0.5, 0.6) is 5.88 Å². The third-order valence-electron chi connectivity index (χ3n) is 2.36. The van der Waals surface area contributed by atoms with E-state index in [1.54, 1.807) is 19.4 Å². The largest absolute Gasteiger partial charge is 0.481 e. The van der Waals surface area contributed by atoms with E-state index in [0.717, 1.165) is 11.8 Å². The monoisotopic (exact) mass is 287 g/mol. The van der Waals surface area contributed by atoms with Crippen LogP contribution in [0.15, 0.2) is 18.3 Å². The van der Waals surface area contributed by atoms with Crippen molar-refractivity contribution in [2.24, 2.45) is 0 Å². The van der Waals surface area contributed by atoms with Gasteiger partial charge < -0.3 is 10.1 Å². The molecule has 0 aliphatic carbocycles. The van der Waals surface area contributed by atoms with Gasteiger partial charge in [0, 0.05) is 30.9 Å². The minimum atomic E-state index is -3.20. The first-order valence-corrected chi connectivity index (χ1v) is 7.79. The Labute approximate surface area is 114 Å². The predicted octanol–water partition coefficient (Wildman–Crippen LogP) is 0.508. The Morgan fingerprint density at radius 1 is 1.37 bits per heavy atom. The van der Waals surface area contributed by atoms with E-state index in [1.165, 1.54) is 0 Å². The van der Waals surface area contributed by atoms with Crippen LogP contribution in [0.4, 0.5) is 0 Å². The molecule has 7 heteroatoms. The van der Waals surface area contributed by atoms with Crippen LogP contribution in [0.25, 0.3) is 0 Å². The van der Waals surface area contributed by atoms with E-state index in [4.69, 9.17) is 4.74 Å². The second-order valence-corrected chi connectivity index (χ2v) is 6.82. The molecular formula is C12H21N3O3S. The first-order valence-electron chi connectivity index (χ1n) is 5.90. The first kappa shape index (κ1) is 15.9. The Kier molecular flexibility index (Phi) is 5.28. The van der Waals surface area contributed by atoms with E-state index >= 15 is 0 Å². The fraction of sp³-hybridized carbons (Fsp3) is 0.583. The van der Waals surface area contributed by atoms with Crippen molar-refractivity contribution in [3.8, 4) is 5.88 Å². The van der Waals surface area contributed by atoms with E-state index in [1.807, 2.05) is 19.9 Å². The molecule has 0 aliphatic rings. The van der Waals surface area contributed by atoms with Crippen molar-refractivity contribution in [2.45, 2.75) is 25.9 Å². The maximum Gasteiger partial charge on any atom is 0.212 e. The van der Waals surface area contributed by atoms with Crippen LogP contribution >= 0.6 is 0 Å². The predicted molar refractivity (Wildman–Crippen MR) is 74.6 cm³/mol. The average Bonchev–Trinajstić information content (AvgIpc) is 2.26. The van der Waals surface area contributed by atoms with Gasteiger partial charge in [0.15, 0.2) is 0 Å². The number of hydrogen-bond donors (Lipinski definition) is 2. The van der Waals surface area contributed by atoms with Gasteiger partial charge in [0.1, 0.15) is 0 Å². The second kappa shape index (κ2) is 6.31. The van der Waals surface area contributed by atoms with Gasteiger partial charge in [-0.2, -0.15) is 0 Å². The Bertz CT molecular complexity index is 497. The number of nitrogens with zero attached hydrogens (tertiary/aromatic N) is 1. The number of ether oxygens (including phenoxy) is 1. The van der Waals surface area contributed by atoms with Gasteiger partial charge in [0.25, 0.3) is 0 Å². The van der Waals surface area contributed by atoms with E-state index in [0.29, 0.717) is 19.0 Å². The fourth-order valence-corrected chi connectivity index (χ4v) is 2.77. The van der Waals surface area contributed by atoms with Crippen molar-refractivity contribution in [2.75, 3.05) is 19.9 Å². The zero-order valence-electron chi connectivity index (χ0n) is 11.7. The average molecular weight is 287 g/mol. The highest BCUT2D eigenvalue weighted by Crippen LogP contribution is 2.07. The molecule has 6 nitrogen and oxygen atoms in total. The molecule has 1 rings (SSSR count).